The van der Waals surface area contributed by atoms with Gasteiger partial charge in [-0.2, -0.15) is 0 Å². The standard InChI is InChI=1S/C27H31NO8/c1-18(29)35-24(26(32)36-27(2,3)4)23-25(31)28(13-14-33-23)21-12-8-11-20(15-21)16-22(30)34-17-19-9-6-5-7-10-19/h5-12,15,23-24H,13-14,16-17H2,1-4H3. The third-order valence-electron chi connectivity index (χ3n) is 5.14. The van der Waals surface area contributed by atoms with Crippen LogP contribution in [0, 0.1) is 0 Å². The number of carbonyl (C=O) groups excluding carboxylic acids is 4. The number of amides is 1. The molecular weight excluding hydrogens is 466 g/mol. The van der Waals surface area contributed by atoms with Crippen LogP contribution in [-0.2, 0) is 51.2 Å². The molecule has 9 nitrogen and oxygen atoms in total. The number of carbonyl (C=O) groups is 4. The molecule has 1 aliphatic rings. The zero-order valence-corrected chi connectivity index (χ0v) is 20.9. The summed E-state index contributed by atoms with van der Waals surface area (Å²) in [7, 11) is 0. The highest BCUT2D eigenvalue weighted by Gasteiger charge is 2.44. The van der Waals surface area contributed by atoms with Gasteiger partial charge in [0.15, 0.2) is 6.10 Å². The SMILES string of the molecule is CC(=O)OC(C(=O)OC(C)(C)C)C1OCCN(c2cccc(CC(=O)OCc3ccccc3)c2)C1=O. The van der Waals surface area contributed by atoms with Crippen molar-refractivity contribution in [3.05, 3.63) is 65.7 Å². The third-order valence-corrected chi connectivity index (χ3v) is 5.14. The van der Waals surface area contributed by atoms with E-state index in [1.54, 1.807) is 45.0 Å². The second kappa shape index (κ2) is 11.8. The minimum absolute atomic E-state index is 0.0244. The monoisotopic (exact) mass is 497 g/mol. The molecular formula is C27H31NO8. The van der Waals surface area contributed by atoms with E-state index in [4.69, 9.17) is 18.9 Å². The first-order valence-electron chi connectivity index (χ1n) is 11.6. The first kappa shape index (κ1) is 26.9. The van der Waals surface area contributed by atoms with Crippen molar-refractivity contribution >= 4 is 29.5 Å². The van der Waals surface area contributed by atoms with Crippen LogP contribution >= 0.6 is 0 Å². The van der Waals surface area contributed by atoms with Crippen LogP contribution in [-0.4, -0.2) is 54.8 Å². The maximum atomic E-state index is 13.3. The lowest BCUT2D eigenvalue weighted by molar-refractivity contribution is -0.188. The van der Waals surface area contributed by atoms with Gasteiger partial charge in [0.1, 0.15) is 12.2 Å². The Morgan fingerprint density at radius 2 is 1.75 bits per heavy atom. The zero-order valence-electron chi connectivity index (χ0n) is 20.9. The molecule has 1 fully saturated rings. The molecule has 3 rings (SSSR count). The molecule has 0 N–H and O–H groups in total. The van der Waals surface area contributed by atoms with E-state index >= 15 is 0 Å². The van der Waals surface area contributed by atoms with E-state index in [2.05, 4.69) is 0 Å². The van der Waals surface area contributed by atoms with E-state index in [-0.39, 0.29) is 26.2 Å². The van der Waals surface area contributed by atoms with Gasteiger partial charge in [-0.05, 0) is 44.0 Å². The molecule has 1 heterocycles. The molecule has 1 amide bonds. The predicted molar refractivity (Wildman–Crippen MR) is 130 cm³/mol. The largest absolute Gasteiger partial charge is 0.461 e. The number of anilines is 1. The number of hydrogen-bond donors (Lipinski definition) is 0. The molecule has 1 saturated heterocycles. The van der Waals surface area contributed by atoms with Gasteiger partial charge in [-0.15, -0.1) is 0 Å². The second-order valence-electron chi connectivity index (χ2n) is 9.34. The zero-order chi connectivity index (χ0) is 26.3. The molecule has 2 aromatic carbocycles. The fourth-order valence-corrected chi connectivity index (χ4v) is 3.64. The molecule has 0 aliphatic carbocycles. The quantitative estimate of drug-likeness (QED) is 0.405. The van der Waals surface area contributed by atoms with Gasteiger partial charge in [0.2, 0.25) is 6.10 Å². The van der Waals surface area contributed by atoms with Crippen molar-refractivity contribution in [1.82, 2.24) is 0 Å². The topological polar surface area (TPSA) is 108 Å². The van der Waals surface area contributed by atoms with E-state index in [0.29, 0.717) is 11.3 Å². The maximum Gasteiger partial charge on any atom is 0.351 e. The van der Waals surface area contributed by atoms with Crippen LogP contribution in [0.5, 0.6) is 0 Å². The fraction of sp³-hybridized carbons (Fsp3) is 0.407. The molecule has 36 heavy (non-hydrogen) atoms. The number of nitrogens with zero attached hydrogens (tertiary/aromatic N) is 1. The van der Waals surface area contributed by atoms with Gasteiger partial charge in [-0.3, -0.25) is 14.4 Å². The van der Waals surface area contributed by atoms with Crippen molar-refractivity contribution < 1.29 is 38.1 Å². The first-order chi connectivity index (χ1) is 17.0. The van der Waals surface area contributed by atoms with E-state index in [1.165, 1.54) is 4.90 Å². The van der Waals surface area contributed by atoms with Crippen molar-refractivity contribution in [3.8, 4) is 0 Å². The van der Waals surface area contributed by atoms with Gasteiger partial charge >= 0.3 is 17.9 Å². The summed E-state index contributed by atoms with van der Waals surface area (Å²) in [6.45, 7) is 6.65. The number of rotatable bonds is 8. The summed E-state index contributed by atoms with van der Waals surface area (Å²) < 4.78 is 21.4. The Kier molecular flexibility index (Phi) is 8.82. The fourth-order valence-electron chi connectivity index (χ4n) is 3.64. The number of benzene rings is 2. The minimum atomic E-state index is -1.55. The van der Waals surface area contributed by atoms with Crippen molar-refractivity contribution in [2.24, 2.45) is 0 Å². The van der Waals surface area contributed by atoms with Crippen LogP contribution in [0.3, 0.4) is 0 Å². The van der Waals surface area contributed by atoms with E-state index in [9.17, 15) is 19.2 Å². The van der Waals surface area contributed by atoms with Crippen molar-refractivity contribution in [3.63, 3.8) is 0 Å². The van der Waals surface area contributed by atoms with Gasteiger partial charge in [-0.1, -0.05) is 42.5 Å². The molecule has 2 unspecified atom stereocenters. The van der Waals surface area contributed by atoms with E-state index < -0.39 is 41.6 Å². The Morgan fingerprint density at radius 3 is 2.42 bits per heavy atom. The Morgan fingerprint density at radius 1 is 1.06 bits per heavy atom. The predicted octanol–water partition coefficient (Wildman–Crippen LogP) is 2.98. The van der Waals surface area contributed by atoms with Crippen LogP contribution in [0.2, 0.25) is 0 Å². The highest BCUT2D eigenvalue weighted by atomic mass is 16.6. The van der Waals surface area contributed by atoms with Crippen molar-refractivity contribution in [1.29, 1.82) is 0 Å². The number of morpholine rings is 1. The summed E-state index contributed by atoms with van der Waals surface area (Å²) in [6, 6.07) is 16.3. The van der Waals surface area contributed by atoms with E-state index in [0.717, 1.165) is 12.5 Å². The lowest BCUT2D eigenvalue weighted by Crippen LogP contribution is -2.56. The highest BCUT2D eigenvalue weighted by molar-refractivity contribution is 6.01. The Balaban J connectivity index is 1.71. The third kappa shape index (κ3) is 7.64. The summed E-state index contributed by atoms with van der Waals surface area (Å²) >= 11 is 0. The molecule has 0 radical (unpaired) electrons. The van der Waals surface area contributed by atoms with Gasteiger partial charge < -0.3 is 23.8 Å². The second-order valence-corrected chi connectivity index (χ2v) is 9.34. The normalized spacial score (nSPS) is 16.7. The van der Waals surface area contributed by atoms with Gasteiger partial charge in [0, 0.05) is 19.2 Å². The Labute approximate surface area is 210 Å². The highest BCUT2D eigenvalue weighted by Crippen LogP contribution is 2.24. The van der Waals surface area contributed by atoms with Crippen molar-refractivity contribution in [2.75, 3.05) is 18.1 Å². The van der Waals surface area contributed by atoms with Crippen LogP contribution in [0.25, 0.3) is 0 Å². The van der Waals surface area contributed by atoms with Gasteiger partial charge in [0.25, 0.3) is 5.91 Å². The van der Waals surface area contributed by atoms with Crippen LogP contribution in [0.4, 0.5) is 5.69 Å². The molecule has 0 aromatic heterocycles. The van der Waals surface area contributed by atoms with Gasteiger partial charge in [0.05, 0.1) is 13.0 Å². The summed E-state index contributed by atoms with van der Waals surface area (Å²) in [5.41, 5.74) is 1.21. The average molecular weight is 498 g/mol. The molecule has 0 bridgehead atoms. The molecule has 1 aliphatic heterocycles. The Hall–Kier alpha value is -3.72. The number of ether oxygens (including phenoxy) is 4. The smallest absolute Gasteiger partial charge is 0.351 e. The average Bonchev–Trinajstić information content (AvgIpc) is 2.81. The molecule has 9 heteroatoms. The van der Waals surface area contributed by atoms with E-state index in [1.807, 2.05) is 30.3 Å². The lowest BCUT2D eigenvalue weighted by Gasteiger charge is -2.35. The van der Waals surface area contributed by atoms with Gasteiger partial charge in [-0.25, -0.2) is 4.79 Å². The lowest BCUT2D eigenvalue weighted by atomic mass is 10.1. The molecule has 2 atom stereocenters. The number of hydrogen-bond acceptors (Lipinski definition) is 8. The summed E-state index contributed by atoms with van der Waals surface area (Å²) in [5, 5.41) is 0. The first-order valence-corrected chi connectivity index (χ1v) is 11.6. The van der Waals surface area contributed by atoms with Crippen LogP contribution in [0.1, 0.15) is 38.8 Å². The summed E-state index contributed by atoms with van der Waals surface area (Å²) in [6.07, 6.45) is -2.89. The molecule has 0 spiro atoms. The maximum absolute atomic E-state index is 13.3. The Bertz CT molecular complexity index is 1090. The minimum Gasteiger partial charge on any atom is -0.461 e. The molecule has 192 valence electrons. The molecule has 2 aromatic rings. The summed E-state index contributed by atoms with van der Waals surface area (Å²) in [5.74, 6) is -2.56. The van der Waals surface area contributed by atoms with Crippen LogP contribution < -0.4 is 4.90 Å². The van der Waals surface area contributed by atoms with Crippen molar-refractivity contribution in [2.45, 2.75) is 58.5 Å². The number of esters is 3. The van der Waals surface area contributed by atoms with Crippen LogP contribution in [0.15, 0.2) is 54.6 Å². The summed E-state index contributed by atoms with van der Waals surface area (Å²) in [4.78, 5) is 51.5. The molecule has 0 saturated carbocycles.